The molecule has 0 amide bonds. The van der Waals surface area contributed by atoms with Crippen LogP contribution >= 0.6 is 15.9 Å². The molecule has 582 valence electrons. The van der Waals surface area contributed by atoms with Crippen LogP contribution < -0.4 is 11.6 Å². The molecule has 1 saturated heterocycles. The first kappa shape index (κ1) is 78.5. The van der Waals surface area contributed by atoms with Crippen LogP contribution in [-0.4, -0.2) is 46.6 Å². The predicted octanol–water partition coefficient (Wildman–Crippen LogP) is 27.4. The molecule has 0 atom stereocenters. The van der Waals surface area contributed by atoms with E-state index in [0.29, 0.717) is 11.1 Å². The number of pyridine rings is 2. The maximum absolute atomic E-state index is 9.62. The zero-order valence-corrected chi connectivity index (χ0v) is 69.0. The molecule has 21 rings (SSSR count). The molecule has 1 aliphatic rings. The van der Waals surface area contributed by atoms with Crippen molar-refractivity contribution in [2.24, 2.45) is 0 Å². The number of para-hydroxylation sites is 6. The van der Waals surface area contributed by atoms with Gasteiger partial charge in [0.2, 0.25) is 0 Å². The summed E-state index contributed by atoms with van der Waals surface area (Å²) in [5, 5.41) is 28.5. The molecular weight excluding hydrogens is 1530 g/mol. The lowest BCUT2D eigenvalue weighted by atomic mass is 9.76. The van der Waals surface area contributed by atoms with E-state index in [1.54, 1.807) is 0 Å². The van der Waals surface area contributed by atoms with Crippen LogP contribution in [0.4, 0.5) is 0 Å². The average molecular weight is 1620 g/mol. The maximum atomic E-state index is 9.62. The minimum atomic E-state index is -0.414. The number of hydrogen-bond acceptors (Lipinski definition) is 7. The minimum absolute atomic E-state index is 0. The molecule has 0 spiro atoms. The van der Waals surface area contributed by atoms with E-state index >= 15 is 0 Å². The predicted molar refractivity (Wildman–Crippen MR) is 503 cm³/mol. The Morgan fingerprint density at radius 1 is 0.308 bits per heavy atom. The summed E-state index contributed by atoms with van der Waals surface area (Å²) in [5.74, 6) is 0. The van der Waals surface area contributed by atoms with Crippen LogP contribution in [0.2, 0.25) is 0 Å². The smallest absolute Gasteiger partial charge is 0.399 e. The maximum Gasteiger partial charge on any atom is 0.495 e. The molecular formula is C107H87BBrN9O2. The Morgan fingerprint density at radius 3 is 0.983 bits per heavy atom. The Balaban J connectivity index is 0.000000135. The summed E-state index contributed by atoms with van der Waals surface area (Å²) in [6, 6.07) is 120. The van der Waals surface area contributed by atoms with E-state index in [1.165, 1.54) is 82.6 Å². The highest BCUT2D eigenvalue weighted by molar-refractivity contribution is 9.10. The first-order chi connectivity index (χ1) is 57.5. The van der Waals surface area contributed by atoms with E-state index in [4.69, 9.17) is 14.3 Å². The lowest BCUT2D eigenvalue weighted by Gasteiger charge is -2.32. The molecule has 0 unspecified atom stereocenters. The molecule has 7 heterocycles. The van der Waals surface area contributed by atoms with Gasteiger partial charge in [0, 0.05) is 93.8 Å². The number of rotatable bonds is 10. The Hall–Kier alpha value is -14.0. The number of fused-ring (bicyclic) bond motifs is 12. The zero-order chi connectivity index (χ0) is 80.7. The number of aryl methyl sites for hydroxylation is 4. The van der Waals surface area contributed by atoms with E-state index < -0.39 is 7.12 Å². The molecule has 11 nitrogen and oxygen atoms in total. The summed E-state index contributed by atoms with van der Waals surface area (Å²) < 4.78 is 23.0. The fourth-order valence-corrected chi connectivity index (χ4v) is 17.6. The molecule has 14 aromatic carbocycles. The fraction of sp³-hybridized carbons (Fsp3) is 0.103. The first-order valence-corrected chi connectivity index (χ1v) is 40.7. The van der Waals surface area contributed by atoms with Gasteiger partial charge in [0.1, 0.15) is 0 Å². The van der Waals surface area contributed by atoms with Crippen molar-refractivity contribution in [3.05, 3.63) is 378 Å². The highest BCUT2D eigenvalue weighted by Crippen LogP contribution is 2.43. The number of nitriles is 2. The van der Waals surface area contributed by atoms with Crippen LogP contribution in [0.1, 0.15) is 68.5 Å². The van der Waals surface area contributed by atoms with Crippen LogP contribution in [0.15, 0.2) is 344 Å². The van der Waals surface area contributed by atoms with Gasteiger partial charge in [0.05, 0.1) is 90.0 Å². The van der Waals surface area contributed by atoms with Crippen LogP contribution in [0.3, 0.4) is 0 Å². The van der Waals surface area contributed by atoms with Crippen molar-refractivity contribution < 1.29 is 9.31 Å². The zero-order valence-electron chi connectivity index (χ0n) is 67.4. The van der Waals surface area contributed by atoms with Crippen LogP contribution in [0.25, 0.3) is 166 Å². The topological polar surface area (TPSA) is 147 Å². The van der Waals surface area contributed by atoms with E-state index in [0.717, 1.165) is 116 Å². The highest BCUT2D eigenvalue weighted by Gasteiger charge is 2.52. The second-order valence-corrected chi connectivity index (χ2v) is 32.6. The van der Waals surface area contributed by atoms with Gasteiger partial charge in [-0.05, 0) is 275 Å². The molecule has 0 saturated carbocycles. The van der Waals surface area contributed by atoms with Crippen LogP contribution in [-0.2, 0) is 9.31 Å². The third-order valence-electron chi connectivity index (χ3n) is 24.0. The number of nitrogens with zero attached hydrogens (tertiary/aromatic N) is 8. The summed E-state index contributed by atoms with van der Waals surface area (Å²) >= 11 is 3.57. The van der Waals surface area contributed by atoms with Crippen LogP contribution in [0, 0.1) is 50.4 Å². The van der Waals surface area contributed by atoms with Gasteiger partial charge in [-0.3, -0.25) is 9.97 Å². The van der Waals surface area contributed by atoms with Gasteiger partial charge >= 0.3 is 7.12 Å². The number of benzene rings is 14. The van der Waals surface area contributed by atoms with E-state index in [9.17, 15) is 10.5 Å². The van der Waals surface area contributed by atoms with Crippen molar-refractivity contribution in [2.75, 3.05) is 0 Å². The van der Waals surface area contributed by atoms with Crippen molar-refractivity contribution in [3.8, 4) is 90.8 Å². The summed E-state index contributed by atoms with van der Waals surface area (Å²) in [5.41, 5.74) is 31.1. The monoisotopic (exact) mass is 1620 g/mol. The molecule has 6 aromatic heterocycles. The summed E-state index contributed by atoms with van der Waals surface area (Å²) in [6.45, 7) is 16.9. The molecule has 1 fully saturated rings. The molecule has 0 bridgehead atoms. The van der Waals surface area contributed by atoms with Gasteiger partial charge in [-0.2, -0.15) is 10.5 Å². The van der Waals surface area contributed by atoms with Gasteiger partial charge in [0.25, 0.3) is 0 Å². The molecule has 120 heavy (non-hydrogen) atoms. The molecule has 20 aromatic rings. The third kappa shape index (κ3) is 14.0. The Labute approximate surface area is 707 Å². The molecule has 0 aliphatic carbocycles. The van der Waals surface area contributed by atoms with Gasteiger partial charge in [0.15, 0.2) is 0 Å². The normalized spacial score (nSPS) is 12.8. The molecule has 13 heteroatoms. The third-order valence-corrected chi connectivity index (χ3v) is 24.5. The van der Waals surface area contributed by atoms with E-state index in [2.05, 4.69) is 380 Å². The van der Waals surface area contributed by atoms with Crippen LogP contribution in [0.5, 0.6) is 0 Å². The lowest BCUT2D eigenvalue weighted by molar-refractivity contribution is 0.00578. The number of halogens is 1. The number of hydrogen-bond donors (Lipinski definition) is 1. The SMILES string of the molecule is C.Cc1ccc(-n2c3ccccc3c3cc(C#N)ccc32)cc1B1OC(C)(C)C(C)(C)O1.Cc1ccc(-n2c3ccccc3c3ccccc32)cc1-c1ccnc(-c2cccc(-c3cc(-n4c5ccccc5c5cc(C#N)ccc54)ccc3C)c2)c1.Cc1ccc(-n2c3ccccc3c3ccccc32)cc1-c1ccnc(-c2cccc(Br)c2)c1.N. The van der Waals surface area contributed by atoms with Crippen molar-refractivity contribution in [3.63, 3.8) is 0 Å². The van der Waals surface area contributed by atoms with E-state index in [1.807, 2.05) is 67.0 Å². The lowest BCUT2D eigenvalue weighted by Crippen LogP contribution is -2.41. The Morgan fingerprint density at radius 2 is 0.617 bits per heavy atom. The van der Waals surface area contributed by atoms with Gasteiger partial charge in [-0.15, -0.1) is 0 Å². The molecule has 0 radical (unpaired) electrons. The second kappa shape index (κ2) is 31.8. The summed E-state index contributed by atoms with van der Waals surface area (Å²) in [7, 11) is -0.414. The number of aromatic nitrogens is 6. The van der Waals surface area contributed by atoms with Crippen molar-refractivity contribution >= 4 is 116 Å². The second-order valence-electron chi connectivity index (χ2n) is 31.7. The largest absolute Gasteiger partial charge is 0.495 e. The molecule has 3 N–H and O–H groups in total. The van der Waals surface area contributed by atoms with E-state index in [-0.39, 0.29) is 24.8 Å². The Bertz CT molecular complexity index is 7410. The summed E-state index contributed by atoms with van der Waals surface area (Å²) in [4.78, 5) is 9.52. The van der Waals surface area contributed by atoms with Gasteiger partial charge in [-0.1, -0.05) is 193 Å². The van der Waals surface area contributed by atoms with Gasteiger partial charge in [-0.25, -0.2) is 0 Å². The van der Waals surface area contributed by atoms with Crippen molar-refractivity contribution in [2.45, 2.75) is 74.0 Å². The first-order valence-electron chi connectivity index (χ1n) is 39.9. The fourth-order valence-electron chi connectivity index (χ4n) is 17.2. The standard InChI is InChI=1S/C50H34N4.C30H21BrN2.C26H25BN2O2.CH4.H3N/c1-32-18-22-39(54-49-17-8-5-14-42(49)45-26-34(31-51)20-23-50(45)54)29-43(32)35-10-9-11-37(27-35)46-28-36(24-25-52-46)44-30-38(21-19-33(44)2)53-47-15-6-3-12-40(47)41-13-4-7-16-48(41)53;1-20-13-14-24(33-29-11-4-2-9-25(29)26-10-3-5-12-30(26)33)19-27(20)21-15-16-32-28(18-21)22-7-6-8-23(31)17-22;1-17-10-12-19(15-22(17)27-30-25(2,3)26(4,5)31-27)29-23-9-7-6-8-20(23)21-14-18(16-28)11-13-24(21)29;;/h3-30H,1-2H3;2-19H,1H3;6-15H,1-5H3;1H4;1H3. The molecule has 1 aliphatic heterocycles. The van der Waals surface area contributed by atoms with Crippen molar-refractivity contribution in [1.82, 2.24) is 34.4 Å². The highest BCUT2D eigenvalue weighted by atomic mass is 79.9. The van der Waals surface area contributed by atoms with Crippen molar-refractivity contribution in [1.29, 1.82) is 10.5 Å². The quantitative estimate of drug-likeness (QED) is 0.134. The summed E-state index contributed by atoms with van der Waals surface area (Å²) in [6.07, 6.45) is 3.83. The average Bonchev–Trinajstić information content (AvgIpc) is 1.60. The minimum Gasteiger partial charge on any atom is -0.399 e. The van der Waals surface area contributed by atoms with Gasteiger partial charge < -0.3 is 33.7 Å². The Kier molecular flexibility index (Phi) is 20.8.